The molecule has 3 rings (SSSR count). The maximum absolute atomic E-state index is 12.1. The van der Waals surface area contributed by atoms with E-state index in [1.54, 1.807) is 0 Å². The SMILES string of the molecule is CC1(C[C@H](O)C(=O)N2C[C@H]3C[C@H]3[C@H]2C(=O)O)CC1. The van der Waals surface area contributed by atoms with Crippen LogP contribution in [-0.2, 0) is 9.59 Å². The smallest absolute Gasteiger partial charge is 0.326 e. The molecule has 100 valence electrons. The molecule has 5 nitrogen and oxygen atoms in total. The van der Waals surface area contributed by atoms with Gasteiger partial charge < -0.3 is 15.1 Å². The molecule has 0 spiro atoms. The first-order valence-electron chi connectivity index (χ1n) is 6.63. The minimum Gasteiger partial charge on any atom is -0.480 e. The molecule has 3 aliphatic rings. The van der Waals surface area contributed by atoms with Gasteiger partial charge in [0.05, 0.1) is 0 Å². The molecule has 4 atom stereocenters. The van der Waals surface area contributed by atoms with Gasteiger partial charge >= 0.3 is 5.97 Å². The lowest BCUT2D eigenvalue weighted by molar-refractivity contribution is -0.153. The molecule has 2 aliphatic carbocycles. The topological polar surface area (TPSA) is 77.8 Å². The number of fused-ring (bicyclic) bond motifs is 1. The fourth-order valence-corrected chi connectivity index (χ4v) is 3.17. The summed E-state index contributed by atoms with van der Waals surface area (Å²) in [7, 11) is 0. The van der Waals surface area contributed by atoms with Crippen LogP contribution < -0.4 is 0 Å². The second-order valence-electron chi connectivity index (χ2n) is 6.46. The van der Waals surface area contributed by atoms with Gasteiger partial charge in [0.2, 0.25) is 0 Å². The lowest BCUT2D eigenvalue weighted by Crippen LogP contribution is -2.48. The van der Waals surface area contributed by atoms with E-state index in [1.807, 2.05) is 0 Å². The molecule has 3 fully saturated rings. The average Bonchev–Trinajstić information content (AvgIpc) is 3.18. The number of hydrogen-bond donors (Lipinski definition) is 2. The number of piperidine rings is 1. The summed E-state index contributed by atoms with van der Waals surface area (Å²) in [6.45, 7) is 2.56. The molecule has 2 saturated carbocycles. The summed E-state index contributed by atoms with van der Waals surface area (Å²) in [6.07, 6.45) is 2.44. The van der Waals surface area contributed by atoms with Gasteiger partial charge in [0.25, 0.3) is 5.91 Å². The molecule has 0 radical (unpaired) electrons. The van der Waals surface area contributed by atoms with Crippen molar-refractivity contribution in [2.75, 3.05) is 6.54 Å². The first-order chi connectivity index (χ1) is 8.41. The van der Waals surface area contributed by atoms with Crippen LogP contribution in [0.3, 0.4) is 0 Å². The molecule has 0 aromatic rings. The summed E-state index contributed by atoms with van der Waals surface area (Å²) in [4.78, 5) is 24.7. The Labute approximate surface area is 106 Å². The number of carboxylic acid groups (broad SMARTS) is 1. The van der Waals surface area contributed by atoms with Crippen molar-refractivity contribution in [2.45, 2.75) is 44.8 Å². The van der Waals surface area contributed by atoms with E-state index in [4.69, 9.17) is 0 Å². The van der Waals surface area contributed by atoms with Gasteiger partial charge in [0, 0.05) is 6.54 Å². The van der Waals surface area contributed by atoms with E-state index in [0.29, 0.717) is 18.9 Å². The fraction of sp³-hybridized carbons (Fsp3) is 0.846. The van der Waals surface area contributed by atoms with Crippen molar-refractivity contribution in [2.24, 2.45) is 17.3 Å². The number of carbonyl (C=O) groups is 2. The zero-order chi connectivity index (χ0) is 13.1. The Morgan fingerprint density at radius 3 is 2.67 bits per heavy atom. The van der Waals surface area contributed by atoms with E-state index < -0.39 is 18.1 Å². The van der Waals surface area contributed by atoms with E-state index in [-0.39, 0.29) is 17.2 Å². The molecule has 1 heterocycles. The molecule has 0 bridgehead atoms. The highest BCUT2D eigenvalue weighted by Gasteiger charge is 2.58. The van der Waals surface area contributed by atoms with Crippen molar-refractivity contribution >= 4 is 11.9 Å². The van der Waals surface area contributed by atoms with E-state index in [1.165, 1.54) is 4.90 Å². The van der Waals surface area contributed by atoms with Crippen molar-refractivity contribution in [1.29, 1.82) is 0 Å². The number of carbonyl (C=O) groups excluding carboxylic acids is 1. The summed E-state index contributed by atoms with van der Waals surface area (Å²) < 4.78 is 0. The van der Waals surface area contributed by atoms with Crippen LogP contribution in [0.5, 0.6) is 0 Å². The summed E-state index contributed by atoms with van der Waals surface area (Å²) in [6, 6.07) is -0.704. The zero-order valence-corrected chi connectivity index (χ0v) is 10.5. The first kappa shape index (κ1) is 12.0. The summed E-state index contributed by atoms with van der Waals surface area (Å²) in [5.74, 6) is -0.852. The van der Waals surface area contributed by atoms with Crippen LogP contribution in [0, 0.1) is 17.3 Å². The summed E-state index contributed by atoms with van der Waals surface area (Å²) in [5.41, 5.74) is 0.0937. The number of likely N-dealkylation sites (tertiary alicyclic amines) is 1. The molecule has 0 aromatic carbocycles. The highest BCUT2D eigenvalue weighted by Crippen LogP contribution is 2.51. The third-order valence-corrected chi connectivity index (χ3v) is 4.76. The highest BCUT2D eigenvalue weighted by molar-refractivity contribution is 5.87. The third kappa shape index (κ3) is 1.90. The van der Waals surface area contributed by atoms with E-state index in [0.717, 1.165) is 19.3 Å². The van der Waals surface area contributed by atoms with Crippen molar-refractivity contribution in [3.63, 3.8) is 0 Å². The Morgan fingerprint density at radius 1 is 1.44 bits per heavy atom. The lowest BCUT2D eigenvalue weighted by Gasteiger charge is -2.27. The molecular formula is C13H19NO4. The van der Waals surface area contributed by atoms with Gasteiger partial charge in [-0.05, 0) is 42.9 Å². The van der Waals surface area contributed by atoms with Gasteiger partial charge in [0.15, 0.2) is 0 Å². The molecule has 1 saturated heterocycles. The van der Waals surface area contributed by atoms with Crippen LogP contribution in [0.2, 0.25) is 0 Å². The van der Waals surface area contributed by atoms with Crippen molar-refractivity contribution in [3.8, 4) is 0 Å². The van der Waals surface area contributed by atoms with Gasteiger partial charge in [-0.2, -0.15) is 0 Å². The predicted octanol–water partition coefficient (Wildman–Crippen LogP) is 0.469. The highest BCUT2D eigenvalue weighted by atomic mass is 16.4. The Bertz CT molecular complexity index is 404. The Kier molecular flexibility index (Phi) is 2.46. The average molecular weight is 253 g/mol. The minimum atomic E-state index is -1.03. The number of nitrogens with zero attached hydrogens (tertiary/aromatic N) is 1. The van der Waals surface area contributed by atoms with Crippen LogP contribution in [0.25, 0.3) is 0 Å². The Balaban J connectivity index is 1.66. The molecule has 1 aliphatic heterocycles. The normalized spacial score (nSPS) is 37.0. The van der Waals surface area contributed by atoms with Crippen LogP contribution in [0.15, 0.2) is 0 Å². The van der Waals surface area contributed by atoms with Crippen LogP contribution >= 0.6 is 0 Å². The largest absolute Gasteiger partial charge is 0.480 e. The van der Waals surface area contributed by atoms with Crippen molar-refractivity contribution in [3.05, 3.63) is 0 Å². The fourth-order valence-electron chi connectivity index (χ4n) is 3.17. The van der Waals surface area contributed by atoms with E-state index >= 15 is 0 Å². The second kappa shape index (κ2) is 3.70. The zero-order valence-electron chi connectivity index (χ0n) is 10.5. The third-order valence-electron chi connectivity index (χ3n) is 4.76. The van der Waals surface area contributed by atoms with Gasteiger partial charge in [-0.1, -0.05) is 6.92 Å². The Hall–Kier alpha value is -1.10. The molecule has 0 unspecified atom stereocenters. The number of carboxylic acids is 1. The quantitative estimate of drug-likeness (QED) is 0.763. The van der Waals surface area contributed by atoms with Crippen LogP contribution in [-0.4, -0.2) is 45.7 Å². The maximum Gasteiger partial charge on any atom is 0.326 e. The first-order valence-corrected chi connectivity index (χ1v) is 6.63. The van der Waals surface area contributed by atoms with E-state index in [9.17, 15) is 19.8 Å². The molecule has 0 aromatic heterocycles. The van der Waals surface area contributed by atoms with Crippen molar-refractivity contribution < 1.29 is 19.8 Å². The number of rotatable bonds is 4. The number of aliphatic hydroxyl groups excluding tert-OH is 1. The monoisotopic (exact) mass is 253 g/mol. The van der Waals surface area contributed by atoms with Gasteiger partial charge in [-0.3, -0.25) is 4.79 Å². The number of aliphatic hydroxyl groups is 1. The predicted molar refractivity (Wildman–Crippen MR) is 62.7 cm³/mol. The molecule has 1 amide bonds. The number of hydrogen-bond acceptors (Lipinski definition) is 3. The lowest BCUT2D eigenvalue weighted by atomic mass is 10.00. The number of aliphatic carboxylic acids is 1. The van der Waals surface area contributed by atoms with Gasteiger partial charge in [-0.15, -0.1) is 0 Å². The van der Waals surface area contributed by atoms with Crippen molar-refractivity contribution in [1.82, 2.24) is 4.90 Å². The van der Waals surface area contributed by atoms with Gasteiger partial charge in [-0.25, -0.2) is 4.79 Å². The van der Waals surface area contributed by atoms with E-state index in [2.05, 4.69) is 6.92 Å². The minimum absolute atomic E-state index is 0.0937. The molecule has 18 heavy (non-hydrogen) atoms. The number of amides is 1. The van der Waals surface area contributed by atoms with Crippen LogP contribution in [0.4, 0.5) is 0 Å². The molecule has 2 N–H and O–H groups in total. The summed E-state index contributed by atoms with van der Waals surface area (Å²) in [5, 5.41) is 19.2. The maximum atomic E-state index is 12.1. The van der Waals surface area contributed by atoms with Crippen LogP contribution in [0.1, 0.15) is 32.6 Å². The standard InChI is InChI=1S/C13H19NO4/c1-13(2-3-13)5-9(15)11(16)14-6-7-4-8(7)10(14)12(17)18/h7-10,15H,2-6H2,1H3,(H,17,18)/t7-,8-,9+,10+/m1/s1. The second-order valence-corrected chi connectivity index (χ2v) is 6.46. The van der Waals surface area contributed by atoms with Gasteiger partial charge in [0.1, 0.15) is 12.1 Å². The summed E-state index contributed by atoms with van der Waals surface area (Å²) >= 11 is 0. The molecule has 5 heteroatoms. The Morgan fingerprint density at radius 2 is 2.11 bits per heavy atom. The molecular weight excluding hydrogens is 234 g/mol.